The lowest BCUT2D eigenvalue weighted by Gasteiger charge is -2.29. The van der Waals surface area contributed by atoms with Crippen molar-refractivity contribution in [2.45, 2.75) is 6.10 Å². The van der Waals surface area contributed by atoms with Gasteiger partial charge in [0, 0.05) is 32.7 Å². The van der Waals surface area contributed by atoms with Crippen LogP contribution in [0.5, 0.6) is 5.75 Å². The average molecular weight is 279 g/mol. The highest BCUT2D eigenvalue weighted by atomic mass is 16.5. The fourth-order valence-electron chi connectivity index (χ4n) is 2.23. The minimum Gasteiger partial charge on any atom is -0.490 e. The highest BCUT2D eigenvalue weighted by Gasteiger charge is 2.16. The van der Waals surface area contributed by atoms with Gasteiger partial charge in [0.1, 0.15) is 18.5 Å². The van der Waals surface area contributed by atoms with E-state index in [0.717, 1.165) is 26.2 Å². The molecular weight excluding hydrogens is 258 g/mol. The van der Waals surface area contributed by atoms with Gasteiger partial charge in [0.2, 0.25) is 0 Å². The highest BCUT2D eigenvalue weighted by Crippen LogP contribution is 2.17. The van der Waals surface area contributed by atoms with Gasteiger partial charge in [-0.05, 0) is 12.1 Å². The number of hydrogen-bond donors (Lipinski definition) is 3. The quantitative estimate of drug-likeness (QED) is 0.649. The van der Waals surface area contributed by atoms with Crippen LogP contribution < -0.4 is 15.8 Å². The van der Waals surface area contributed by atoms with Crippen molar-refractivity contribution < 1.29 is 14.6 Å². The van der Waals surface area contributed by atoms with Crippen LogP contribution in [0.15, 0.2) is 24.3 Å². The second kappa shape index (κ2) is 7.23. The molecule has 6 nitrogen and oxygen atoms in total. The molecule has 0 radical (unpaired) electrons. The number of aliphatic hydroxyl groups excluding tert-OH is 1. The minimum absolute atomic E-state index is 0.147. The monoisotopic (exact) mass is 279 g/mol. The Hall–Kier alpha value is -1.63. The number of ether oxygens (including phenoxy) is 1. The van der Waals surface area contributed by atoms with E-state index in [2.05, 4.69) is 10.2 Å². The van der Waals surface area contributed by atoms with Gasteiger partial charge >= 0.3 is 0 Å². The van der Waals surface area contributed by atoms with Crippen molar-refractivity contribution in [2.24, 2.45) is 5.73 Å². The number of aliphatic hydroxyl groups is 1. The van der Waals surface area contributed by atoms with Gasteiger partial charge in [-0.15, -0.1) is 0 Å². The molecule has 110 valence electrons. The Morgan fingerprint density at radius 1 is 1.40 bits per heavy atom. The number of hydrogen-bond acceptors (Lipinski definition) is 5. The van der Waals surface area contributed by atoms with Gasteiger partial charge in [0.05, 0.1) is 5.56 Å². The number of nitrogens with zero attached hydrogens (tertiary/aromatic N) is 1. The zero-order chi connectivity index (χ0) is 14.4. The first-order chi connectivity index (χ1) is 9.66. The molecule has 1 aliphatic rings. The Morgan fingerprint density at radius 2 is 2.10 bits per heavy atom. The lowest BCUT2D eigenvalue weighted by atomic mass is 10.2. The van der Waals surface area contributed by atoms with Crippen LogP contribution in [-0.2, 0) is 0 Å². The van der Waals surface area contributed by atoms with E-state index in [0.29, 0.717) is 17.9 Å². The number of carbonyl (C=O) groups is 1. The van der Waals surface area contributed by atoms with E-state index in [1.54, 1.807) is 24.3 Å². The van der Waals surface area contributed by atoms with Gasteiger partial charge in [-0.25, -0.2) is 0 Å². The Kier molecular flexibility index (Phi) is 5.34. The number of para-hydroxylation sites is 1. The van der Waals surface area contributed by atoms with Crippen LogP contribution in [0.4, 0.5) is 0 Å². The molecule has 1 aromatic carbocycles. The van der Waals surface area contributed by atoms with Crippen molar-refractivity contribution in [3.63, 3.8) is 0 Å². The largest absolute Gasteiger partial charge is 0.490 e. The third kappa shape index (κ3) is 4.19. The van der Waals surface area contributed by atoms with E-state index in [1.165, 1.54) is 0 Å². The first-order valence-electron chi connectivity index (χ1n) is 6.79. The van der Waals surface area contributed by atoms with Crippen molar-refractivity contribution in [2.75, 3.05) is 39.3 Å². The molecule has 1 heterocycles. The summed E-state index contributed by atoms with van der Waals surface area (Å²) in [6, 6.07) is 6.78. The summed E-state index contributed by atoms with van der Waals surface area (Å²) in [5.41, 5.74) is 5.61. The van der Waals surface area contributed by atoms with E-state index in [9.17, 15) is 9.90 Å². The molecule has 2 rings (SSSR count). The molecule has 0 saturated carbocycles. The number of rotatable bonds is 6. The van der Waals surface area contributed by atoms with Crippen LogP contribution in [-0.4, -0.2) is 61.3 Å². The second-order valence-electron chi connectivity index (χ2n) is 4.88. The fourth-order valence-corrected chi connectivity index (χ4v) is 2.23. The Bertz CT molecular complexity index is 447. The predicted molar refractivity (Wildman–Crippen MR) is 75.8 cm³/mol. The van der Waals surface area contributed by atoms with Crippen molar-refractivity contribution in [1.29, 1.82) is 0 Å². The number of benzene rings is 1. The van der Waals surface area contributed by atoms with E-state index in [4.69, 9.17) is 10.5 Å². The summed E-state index contributed by atoms with van der Waals surface area (Å²) in [7, 11) is 0. The standard InChI is InChI=1S/C14H21N3O3/c15-14(19)12-3-1-2-4-13(12)20-10-11(18)9-17-7-5-16-6-8-17/h1-4,11,16,18H,5-10H2,(H2,15,19). The third-order valence-corrected chi connectivity index (χ3v) is 3.26. The number of carbonyl (C=O) groups excluding carboxylic acids is 1. The molecule has 0 bridgehead atoms. The van der Waals surface area contributed by atoms with Crippen LogP contribution in [0.1, 0.15) is 10.4 Å². The van der Waals surface area contributed by atoms with Gasteiger partial charge < -0.3 is 20.9 Å². The van der Waals surface area contributed by atoms with Crippen LogP contribution >= 0.6 is 0 Å². The van der Waals surface area contributed by atoms with Crippen LogP contribution in [0.3, 0.4) is 0 Å². The Balaban J connectivity index is 1.83. The maximum Gasteiger partial charge on any atom is 0.252 e. The SMILES string of the molecule is NC(=O)c1ccccc1OCC(O)CN1CCNCC1. The predicted octanol–water partition coefficient (Wildman–Crippen LogP) is -0.570. The van der Waals surface area contributed by atoms with E-state index >= 15 is 0 Å². The number of nitrogens with one attached hydrogen (secondary N) is 1. The normalized spacial score (nSPS) is 17.6. The molecule has 1 saturated heterocycles. The van der Waals surface area contributed by atoms with Crippen LogP contribution in [0.2, 0.25) is 0 Å². The van der Waals surface area contributed by atoms with Crippen molar-refractivity contribution in [1.82, 2.24) is 10.2 Å². The third-order valence-electron chi connectivity index (χ3n) is 3.26. The van der Waals surface area contributed by atoms with Gasteiger partial charge in [-0.3, -0.25) is 9.69 Å². The molecule has 0 spiro atoms. The summed E-state index contributed by atoms with van der Waals surface area (Å²) in [6.07, 6.45) is -0.589. The number of primary amides is 1. The van der Waals surface area contributed by atoms with Gasteiger partial charge in [-0.1, -0.05) is 12.1 Å². The van der Waals surface area contributed by atoms with Crippen molar-refractivity contribution >= 4 is 5.91 Å². The molecule has 1 unspecified atom stereocenters. The van der Waals surface area contributed by atoms with E-state index in [-0.39, 0.29) is 6.61 Å². The molecule has 4 N–H and O–H groups in total. The zero-order valence-corrected chi connectivity index (χ0v) is 11.4. The second-order valence-corrected chi connectivity index (χ2v) is 4.88. The number of amides is 1. The average Bonchev–Trinajstić information content (AvgIpc) is 2.46. The Labute approximate surface area is 118 Å². The maximum atomic E-state index is 11.2. The molecule has 1 aliphatic heterocycles. The molecule has 1 fully saturated rings. The maximum absolute atomic E-state index is 11.2. The van der Waals surface area contributed by atoms with Gasteiger partial charge in [0.15, 0.2) is 0 Å². The summed E-state index contributed by atoms with van der Waals surface area (Å²) in [5.74, 6) is -0.114. The lowest BCUT2D eigenvalue weighted by molar-refractivity contribution is 0.0635. The first-order valence-corrected chi connectivity index (χ1v) is 6.79. The topological polar surface area (TPSA) is 87.8 Å². The number of nitrogens with two attached hydrogens (primary N) is 1. The molecule has 0 aromatic heterocycles. The summed E-state index contributed by atoms with van der Waals surface area (Å²) < 4.78 is 5.51. The van der Waals surface area contributed by atoms with Crippen molar-refractivity contribution in [3.05, 3.63) is 29.8 Å². The minimum atomic E-state index is -0.589. The number of β-amino-alcohol motifs (C(OH)–C–C–N with tert-alkyl or cyclic N) is 1. The highest BCUT2D eigenvalue weighted by molar-refractivity contribution is 5.95. The van der Waals surface area contributed by atoms with Crippen LogP contribution in [0, 0.1) is 0 Å². The fraction of sp³-hybridized carbons (Fsp3) is 0.500. The zero-order valence-electron chi connectivity index (χ0n) is 11.4. The molecule has 1 amide bonds. The molecule has 6 heteroatoms. The summed E-state index contributed by atoms with van der Waals surface area (Å²) in [6.45, 7) is 4.45. The van der Waals surface area contributed by atoms with Crippen LogP contribution in [0.25, 0.3) is 0 Å². The number of piperazine rings is 1. The molecule has 20 heavy (non-hydrogen) atoms. The first kappa shape index (κ1) is 14.8. The Morgan fingerprint density at radius 3 is 2.80 bits per heavy atom. The summed E-state index contributed by atoms with van der Waals surface area (Å²) in [5, 5.41) is 13.2. The molecule has 1 aromatic rings. The summed E-state index contributed by atoms with van der Waals surface area (Å²) >= 11 is 0. The lowest BCUT2D eigenvalue weighted by Crippen LogP contribution is -2.47. The summed E-state index contributed by atoms with van der Waals surface area (Å²) in [4.78, 5) is 13.4. The molecule has 0 aliphatic carbocycles. The van der Waals surface area contributed by atoms with Crippen molar-refractivity contribution in [3.8, 4) is 5.75 Å². The van der Waals surface area contributed by atoms with E-state index < -0.39 is 12.0 Å². The smallest absolute Gasteiger partial charge is 0.252 e. The molecule has 1 atom stereocenters. The van der Waals surface area contributed by atoms with Gasteiger partial charge in [0.25, 0.3) is 5.91 Å². The van der Waals surface area contributed by atoms with Gasteiger partial charge in [-0.2, -0.15) is 0 Å². The van der Waals surface area contributed by atoms with E-state index in [1.807, 2.05) is 0 Å². The molecular formula is C14H21N3O3.